The van der Waals surface area contributed by atoms with Gasteiger partial charge in [0.05, 0.1) is 5.56 Å². The Hall–Kier alpha value is -3.43. The molecular formula is C27H35F3N2O5. The van der Waals surface area contributed by atoms with Crippen molar-refractivity contribution in [1.29, 1.82) is 0 Å². The molecule has 0 saturated carbocycles. The highest BCUT2D eigenvalue weighted by molar-refractivity contribution is 5.98. The number of hydrogen-bond donors (Lipinski definition) is 2. The summed E-state index contributed by atoms with van der Waals surface area (Å²) < 4.78 is 40.1. The number of benzene rings is 1. The normalized spacial score (nSPS) is 11.7. The van der Waals surface area contributed by atoms with Crippen molar-refractivity contribution >= 4 is 17.6 Å². The first-order chi connectivity index (χ1) is 17.6. The molecule has 0 aliphatic heterocycles. The van der Waals surface area contributed by atoms with Crippen LogP contribution in [0.25, 0.3) is 0 Å². The van der Waals surface area contributed by atoms with E-state index >= 15 is 0 Å². The van der Waals surface area contributed by atoms with E-state index in [0.717, 1.165) is 25.0 Å². The molecular weight excluding hydrogens is 489 g/mol. The van der Waals surface area contributed by atoms with Gasteiger partial charge in [-0.2, -0.15) is 13.2 Å². The molecule has 0 saturated heterocycles. The predicted molar refractivity (Wildman–Crippen MR) is 135 cm³/mol. The van der Waals surface area contributed by atoms with Crippen molar-refractivity contribution in [2.45, 2.75) is 77.3 Å². The van der Waals surface area contributed by atoms with E-state index in [1.165, 1.54) is 62.8 Å². The van der Waals surface area contributed by atoms with Crippen LogP contribution in [0.5, 0.6) is 11.8 Å². The molecule has 0 aliphatic carbocycles. The highest BCUT2D eigenvalue weighted by atomic mass is 19.4. The van der Waals surface area contributed by atoms with Gasteiger partial charge < -0.3 is 20.0 Å². The Balaban J connectivity index is 1.89. The summed E-state index contributed by atoms with van der Waals surface area (Å²) in [5, 5.41) is 19.1. The topological polar surface area (TPSA) is 92.0 Å². The highest BCUT2D eigenvalue weighted by Crippen LogP contribution is 2.25. The molecule has 204 valence electrons. The predicted octanol–water partition coefficient (Wildman–Crippen LogP) is 6.54. The van der Waals surface area contributed by atoms with E-state index in [1.807, 2.05) is 12.2 Å². The lowest BCUT2D eigenvalue weighted by molar-refractivity contribution is -0.170. The van der Waals surface area contributed by atoms with Crippen LogP contribution in [0.4, 0.5) is 18.9 Å². The summed E-state index contributed by atoms with van der Waals surface area (Å²) >= 11 is 0. The van der Waals surface area contributed by atoms with E-state index in [-0.39, 0.29) is 17.8 Å². The third-order valence-electron chi connectivity index (χ3n) is 5.77. The number of hydrogen-bond acceptors (Lipinski definition) is 5. The van der Waals surface area contributed by atoms with Gasteiger partial charge in [0.25, 0.3) is 0 Å². The molecule has 2 rings (SSSR count). The molecule has 1 amide bonds. The molecule has 0 atom stereocenters. The minimum Gasteiger partial charge on any atom is -0.492 e. The van der Waals surface area contributed by atoms with E-state index in [2.05, 4.69) is 6.92 Å². The zero-order valence-corrected chi connectivity index (χ0v) is 21.0. The SMILES string of the molecule is CCCCCCCCCC=CCCCN(C(=O)C(F)(F)F)c1ccc(C(=O)On2c(O)ccc2O)cc1. The van der Waals surface area contributed by atoms with Crippen molar-refractivity contribution in [3.63, 3.8) is 0 Å². The number of aromatic nitrogens is 1. The summed E-state index contributed by atoms with van der Waals surface area (Å²) in [7, 11) is 0. The Morgan fingerprint density at radius 1 is 0.865 bits per heavy atom. The van der Waals surface area contributed by atoms with Gasteiger partial charge in [0.15, 0.2) is 0 Å². The lowest BCUT2D eigenvalue weighted by Gasteiger charge is -2.24. The van der Waals surface area contributed by atoms with Crippen LogP contribution >= 0.6 is 0 Å². The lowest BCUT2D eigenvalue weighted by atomic mass is 10.1. The van der Waals surface area contributed by atoms with Gasteiger partial charge >= 0.3 is 18.1 Å². The quantitative estimate of drug-likeness (QED) is 0.204. The molecule has 0 radical (unpaired) electrons. The molecule has 2 aromatic rings. The number of aromatic hydroxyl groups is 2. The number of rotatable bonds is 15. The molecule has 2 N–H and O–H groups in total. The second-order valence-electron chi connectivity index (χ2n) is 8.75. The molecule has 0 unspecified atom stereocenters. The van der Waals surface area contributed by atoms with Crippen molar-refractivity contribution in [1.82, 2.24) is 4.73 Å². The van der Waals surface area contributed by atoms with Gasteiger partial charge in [-0.3, -0.25) is 4.79 Å². The van der Waals surface area contributed by atoms with Crippen LogP contribution in [0.2, 0.25) is 0 Å². The van der Waals surface area contributed by atoms with Crippen molar-refractivity contribution in [3.05, 3.63) is 54.1 Å². The van der Waals surface area contributed by atoms with Gasteiger partial charge in [-0.25, -0.2) is 4.79 Å². The molecule has 0 fully saturated rings. The molecule has 0 bridgehead atoms. The van der Waals surface area contributed by atoms with Crippen LogP contribution in [0.3, 0.4) is 0 Å². The summed E-state index contributed by atoms with van der Waals surface area (Å²) in [4.78, 5) is 29.8. The fourth-order valence-corrected chi connectivity index (χ4v) is 3.73. The van der Waals surface area contributed by atoms with E-state index in [1.54, 1.807) is 0 Å². The third kappa shape index (κ3) is 9.86. The van der Waals surface area contributed by atoms with Gasteiger partial charge in [0.2, 0.25) is 11.8 Å². The lowest BCUT2D eigenvalue weighted by Crippen LogP contribution is -2.41. The van der Waals surface area contributed by atoms with E-state index in [0.29, 0.717) is 22.5 Å². The van der Waals surface area contributed by atoms with E-state index in [4.69, 9.17) is 4.84 Å². The fourth-order valence-electron chi connectivity index (χ4n) is 3.73. The first kappa shape index (κ1) is 29.8. The summed E-state index contributed by atoms with van der Waals surface area (Å²) in [6.45, 7) is 2.04. The molecule has 1 aromatic carbocycles. The minimum atomic E-state index is -5.05. The molecule has 7 nitrogen and oxygen atoms in total. The second kappa shape index (κ2) is 15.0. The number of alkyl halides is 3. The van der Waals surface area contributed by atoms with Crippen LogP contribution in [-0.2, 0) is 4.79 Å². The van der Waals surface area contributed by atoms with Crippen LogP contribution < -0.4 is 9.74 Å². The Morgan fingerprint density at radius 2 is 1.41 bits per heavy atom. The zero-order chi connectivity index (χ0) is 27.3. The van der Waals surface area contributed by atoms with Crippen molar-refractivity contribution in [3.8, 4) is 11.8 Å². The van der Waals surface area contributed by atoms with Crippen LogP contribution in [0.15, 0.2) is 48.6 Å². The highest BCUT2D eigenvalue weighted by Gasteiger charge is 2.42. The Kier molecular flexibility index (Phi) is 12.1. The van der Waals surface area contributed by atoms with Gasteiger partial charge in [-0.1, -0.05) is 57.6 Å². The number of allylic oxidation sites excluding steroid dienone is 2. The van der Waals surface area contributed by atoms with Crippen molar-refractivity contribution in [2.75, 3.05) is 11.4 Å². The molecule has 10 heteroatoms. The van der Waals surface area contributed by atoms with Gasteiger partial charge in [0.1, 0.15) is 0 Å². The zero-order valence-electron chi connectivity index (χ0n) is 21.0. The molecule has 1 heterocycles. The molecule has 0 aliphatic rings. The Bertz CT molecular complexity index is 997. The smallest absolute Gasteiger partial charge is 0.471 e. The van der Waals surface area contributed by atoms with Crippen molar-refractivity contribution in [2.24, 2.45) is 0 Å². The summed E-state index contributed by atoms with van der Waals surface area (Å²) in [5.41, 5.74) is -0.0680. The third-order valence-corrected chi connectivity index (χ3v) is 5.77. The molecule has 37 heavy (non-hydrogen) atoms. The Labute approximate surface area is 215 Å². The molecule has 0 spiro atoms. The Morgan fingerprint density at radius 3 is 1.97 bits per heavy atom. The number of unbranched alkanes of at least 4 members (excludes halogenated alkanes) is 8. The number of nitrogens with zero attached hydrogens (tertiary/aromatic N) is 2. The fraction of sp³-hybridized carbons (Fsp3) is 0.481. The van der Waals surface area contributed by atoms with Crippen LogP contribution in [0, 0.1) is 0 Å². The average Bonchev–Trinajstić information content (AvgIpc) is 3.18. The van der Waals surface area contributed by atoms with Gasteiger partial charge in [-0.05, 0) is 49.9 Å². The van der Waals surface area contributed by atoms with E-state index in [9.17, 15) is 33.0 Å². The maximum Gasteiger partial charge on any atom is 0.471 e. The minimum absolute atomic E-state index is 0.0161. The van der Waals surface area contributed by atoms with Crippen molar-refractivity contribution < 1.29 is 37.8 Å². The summed E-state index contributed by atoms with van der Waals surface area (Å²) in [6.07, 6.45) is 9.20. The second-order valence-corrected chi connectivity index (χ2v) is 8.75. The van der Waals surface area contributed by atoms with Gasteiger partial charge in [-0.15, -0.1) is 4.73 Å². The number of anilines is 1. The van der Waals surface area contributed by atoms with Gasteiger partial charge in [0, 0.05) is 24.4 Å². The van der Waals surface area contributed by atoms with Crippen LogP contribution in [-0.4, -0.2) is 39.5 Å². The number of carbonyl (C=O) groups is 2. The largest absolute Gasteiger partial charge is 0.492 e. The van der Waals surface area contributed by atoms with Crippen LogP contribution in [0.1, 0.15) is 81.5 Å². The first-order valence-corrected chi connectivity index (χ1v) is 12.6. The number of carbonyl (C=O) groups excluding carboxylic acids is 2. The summed E-state index contributed by atoms with van der Waals surface area (Å²) in [5.74, 6) is -3.98. The average molecular weight is 525 g/mol. The van der Waals surface area contributed by atoms with E-state index < -0.39 is 29.8 Å². The number of amides is 1. The summed E-state index contributed by atoms with van der Waals surface area (Å²) in [6, 6.07) is 7.05. The maximum atomic E-state index is 13.2. The maximum absolute atomic E-state index is 13.2. The monoisotopic (exact) mass is 524 g/mol. The first-order valence-electron chi connectivity index (χ1n) is 12.6. The number of halogens is 3. The molecule has 1 aromatic heterocycles. The standard InChI is InChI=1S/C27H35F3N2O5/c1-2-3-4-5-6-7-8-9-10-11-12-13-20-31(26(36)27(28,29)30)22-16-14-21(15-17-22)25(35)37-32-23(33)18-19-24(32)34/h10-11,14-19,33-34H,2-9,12-13,20H2,1H3.